The lowest BCUT2D eigenvalue weighted by Gasteiger charge is -2.25. The largest absolute Gasteiger partial charge is 0.497 e. The van der Waals surface area contributed by atoms with E-state index in [0.29, 0.717) is 12.3 Å². The summed E-state index contributed by atoms with van der Waals surface area (Å²) in [5, 5.41) is 0. The molecule has 4 rings (SSSR count). The summed E-state index contributed by atoms with van der Waals surface area (Å²) in [6.07, 6.45) is 2.50. The van der Waals surface area contributed by atoms with Gasteiger partial charge in [0.1, 0.15) is 17.4 Å². The molecule has 3 aromatic rings. The van der Waals surface area contributed by atoms with E-state index in [9.17, 15) is 18.4 Å². The van der Waals surface area contributed by atoms with E-state index < -0.39 is 23.6 Å². The third-order valence-corrected chi connectivity index (χ3v) is 5.97. The first-order valence-electron chi connectivity index (χ1n) is 11.5. The average Bonchev–Trinajstić information content (AvgIpc) is 3.04. The summed E-state index contributed by atoms with van der Waals surface area (Å²) < 4.78 is 39.0. The van der Waals surface area contributed by atoms with E-state index in [2.05, 4.69) is 4.98 Å². The summed E-state index contributed by atoms with van der Waals surface area (Å²) in [6, 6.07) is 14.0. The van der Waals surface area contributed by atoms with Crippen molar-refractivity contribution in [2.24, 2.45) is 0 Å². The lowest BCUT2D eigenvalue weighted by molar-refractivity contribution is -0.138. The molecule has 1 aliphatic heterocycles. The number of benzene rings is 2. The first-order chi connectivity index (χ1) is 17.4. The molecule has 0 bridgehead atoms. The predicted octanol–water partition coefficient (Wildman–Crippen LogP) is 3.37. The number of pyridine rings is 1. The first-order valence-corrected chi connectivity index (χ1v) is 11.5. The van der Waals surface area contributed by atoms with Crippen molar-refractivity contribution in [3.05, 3.63) is 95.3 Å². The second-order valence-corrected chi connectivity index (χ2v) is 8.60. The van der Waals surface area contributed by atoms with Crippen LogP contribution < -0.4 is 4.74 Å². The van der Waals surface area contributed by atoms with Crippen molar-refractivity contribution in [1.29, 1.82) is 0 Å². The van der Waals surface area contributed by atoms with E-state index in [0.717, 1.165) is 29.3 Å². The Kier molecular flexibility index (Phi) is 8.22. The molecule has 9 heteroatoms. The van der Waals surface area contributed by atoms with E-state index >= 15 is 0 Å². The summed E-state index contributed by atoms with van der Waals surface area (Å²) in [5.74, 6) is -1.33. The second kappa shape index (κ2) is 11.7. The number of halogens is 2. The fourth-order valence-corrected chi connectivity index (χ4v) is 4.03. The Morgan fingerprint density at radius 3 is 2.61 bits per heavy atom. The monoisotopic (exact) mass is 495 g/mol. The van der Waals surface area contributed by atoms with Crippen LogP contribution in [0.4, 0.5) is 8.78 Å². The number of hydrogen-bond acceptors (Lipinski definition) is 5. The van der Waals surface area contributed by atoms with Crippen LogP contribution in [0.5, 0.6) is 5.75 Å². The number of aromatic nitrogens is 1. The molecule has 0 radical (unpaired) electrons. The second-order valence-electron chi connectivity index (χ2n) is 8.60. The molecule has 0 saturated carbocycles. The van der Waals surface area contributed by atoms with E-state index in [4.69, 9.17) is 9.47 Å². The molecule has 2 aromatic carbocycles. The molecule has 188 valence electrons. The van der Waals surface area contributed by atoms with Gasteiger partial charge in [0, 0.05) is 37.6 Å². The molecule has 7 nitrogen and oxygen atoms in total. The van der Waals surface area contributed by atoms with Crippen molar-refractivity contribution in [2.45, 2.75) is 25.7 Å². The number of hydrogen-bond donors (Lipinski definition) is 0. The standard InChI is InChI=1S/C27H27F2N3O4/c1-35-23-7-4-19(5-8-23)14-31-15-24(36-18-20-3-2-10-30-13-20)16-32(17-27(31)34)26(33)12-21-11-22(28)6-9-25(21)29/h2-11,13,24H,12,14-18H2,1H3/t24-/m0/s1. The minimum absolute atomic E-state index is 0.0559. The smallest absolute Gasteiger partial charge is 0.242 e. The molecule has 0 unspecified atom stereocenters. The molecule has 0 spiro atoms. The normalized spacial score (nSPS) is 16.1. The Morgan fingerprint density at radius 2 is 1.89 bits per heavy atom. The van der Waals surface area contributed by atoms with Gasteiger partial charge >= 0.3 is 0 Å². The molecule has 0 aliphatic carbocycles. The van der Waals surface area contributed by atoms with E-state index in [-0.39, 0.29) is 44.1 Å². The first kappa shape index (κ1) is 25.2. The van der Waals surface area contributed by atoms with Crippen LogP contribution in [0.2, 0.25) is 0 Å². The Bertz CT molecular complexity index is 1190. The molecule has 1 saturated heterocycles. The highest BCUT2D eigenvalue weighted by molar-refractivity contribution is 5.86. The number of nitrogens with zero attached hydrogens (tertiary/aromatic N) is 3. The third kappa shape index (κ3) is 6.63. The average molecular weight is 496 g/mol. The maximum atomic E-state index is 14.1. The van der Waals surface area contributed by atoms with Gasteiger partial charge in [-0.05, 0) is 47.5 Å². The maximum Gasteiger partial charge on any atom is 0.242 e. The molecule has 2 amide bonds. The van der Waals surface area contributed by atoms with Gasteiger partial charge in [0.25, 0.3) is 0 Å². The number of carbonyl (C=O) groups is 2. The Labute approximate surface area is 208 Å². The predicted molar refractivity (Wildman–Crippen MR) is 128 cm³/mol. The fourth-order valence-electron chi connectivity index (χ4n) is 4.03. The minimum Gasteiger partial charge on any atom is -0.497 e. The van der Waals surface area contributed by atoms with Gasteiger partial charge in [-0.25, -0.2) is 8.78 Å². The molecule has 1 atom stereocenters. The molecular weight excluding hydrogens is 468 g/mol. The van der Waals surface area contributed by atoms with Gasteiger partial charge in [-0.3, -0.25) is 14.6 Å². The van der Waals surface area contributed by atoms with Gasteiger partial charge in [-0.1, -0.05) is 18.2 Å². The van der Waals surface area contributed by atoms with Gasteiger partial charge < -0.3 is 19.3 Å². The Balaban J connectivity index is 1.51. The number of methoxy groups -OCH3 is 1. The van der Waals surface area contributed by atoms with Crippen molar-refractivity contribution in [3.63, 3.8) is 0 Å². The number of amides is 2. The van der Waals surface area contributed by atoms with E-state index in [1.807, 2.05) is 30.3 Å². The van der Waals surface area contributed by atoms with Crippen LogP contribution in [-0.4, -0.2) is 59.4 Å². The third-order valence-electron chi connectivity index (χ3n) is 5.97. The number of rotatable bonds is 8. The molecular formula is C27H27F2N3O4. The van der Waals surface area contributed by atoms with Crippen molar-refractivity contribution >= 4 is 11.8 Å². The summed E-state index contributed by atoms with van der Waals surface area (Å²) in [5.41, 5.74) is 1.70. The van der Waals surface area contributed by atoms with Gasteiger partial charge in [0.15, 0.2) is 0 Å². The Hall–Kier alpha value is -3.85. The minimum atomic E-state index is -0.670. The lowest BCUT2D eigenvalue weighted by atomic mass is 10.1. The van der Waals surface area contributed by atoms with Gasteiger partial charge in [-0.15, -0.1) is 0 Å². The zero-order chi connectivity index (χ0) is 25.5. The van der Waals surface area contributed by atoms with Crippen LogP contribution in [-0.2, 0) is 33.9 Å². The van der Waals surface area contributed by atoms with Crippen molar-refractivity contribution < 1.29 is 27.8 Å². The van der Waals surface area contributed by atoms with Crippen molar-refractivity contribution in [1.82, 2.24) is 14.8 Å². The lowest BCUT2D eigenvalue weighted by Crippen LogP contribution is -2.40. The van der Waals surface area contributed by atoms with Crippen molar-refractivity contribution in [3.8, 4) is 5.75 Å². The molecule has 36 heavy (non-hydrogen) atoms. The van der Waals surface area contributed by atoms with Crippen LogP contribution in [0.1, 0.15) is 16.7 Å². The number of carbonyl (C=O) groups excluding carboxylic acids is 2. The summed E-state index contributed by atoms with van der Waals surface area (Å²) >= 11 is 0. The highest BCUT2D eigenvalue weighted by Gasteiger charge is 2.31. The molecule has 1 fully saturated rings. The van der Waals surface area contributed by atoms with Gasteiger partial charge in [-0.2, -0.15) is 0 Å². The van der Waals surface area contributed by atoms with Crippen LogP contribution in [0.15, 0.2) is 67.0 Å². The topological polar surface area (TPSA) is 72.0 Å². The van der Waals surface area contributed by atoms with Crippen LogP contribution in [0.25, 0.3) is 0 Å². The SMILES string of the molecule is COc1ccc(CN2C[C@H](OCc3cccnc3)CN(C(=O)Cc3cc(F)ccc3F)CC2=O)cc1. The highest BCUT2D eigenvalue weighted by atomic mass is 19.1. The number of ether oxygens (including phenoxy) is 2. The van der Waals surface area contributed by atoms with E-state index in [1.54, 1.807) is 30.5 Å². The fraction of sp³-hybridized carbons (Fsp3) is 0.296. The zero-order valence-corrected chi connectivity index (χ0v) is 19.9. The molecule has 1 aromatic heterocycles. The molecule has 2 heterocycles. The van der Waals surface area contributed by atoms with Gasteiger partial charge in [0.05, 0.1) is 32.8 Å². The van der Waals surface area contributed by atoms with Gasteiger partial charge in [0.2, 0.25) is 11.8 Å². The van der Waals surface area contributed by atoms with Crippen LogP contribution in [0.3, 0.4) is 0 Å². The molecule has 0 N–H and O–H groups in total. The highest BCUT2D eigenvalue weighted by Crippen LogP contribution is 2.18. The summed E-state index contributed by atoms with van der Waals surface area (Å²) in [4.78, 5) is 33.3. The van der Waals surface area contributed by atoms with Crippen LogP contribution in [0, 0.1) is 11.6 Å². The van der Waals surface area contributed by atoms with E-state index in [1.165, 1.54) is 4.90 Å². The summed E-state index contributed by atoms with van der Waals surface area (Å²) in [7, 11) is 1.58. The quantitative estimate of drug-likeness (QED) is 0.479. The molecule has 1 aliphatic rings. The maximum absolute atomic E-state index is 14.1. The van der Waals surface area contributed by atoms with Crippen molar-refractivity contribution in [2.75, 3.05) is 26.7 Å². The zero-order valence-electron chi connectivity index (χ0n) is 19.9. The summed E-state index contributed by atoms with van der Waals surface area (Å²) in [6.45, 7) is 0.808. The Morgan fingerprint density at radius 1 is 1.08 bits per heavy atom. The van der Waals surface area contributed by atoms with Crippen LogP contribution >= 0.6 is 0 Å².